The minimum absolute atomic E-state index is 0.00260. The summed E-state index contributed by atoms with van der Waals surface area (Å²) in [4.78, 5) is 11.2. The summed E-state index contributed by atoms with van der Waals surface area (Å²) < 4.78 is 0. The molecule has 0 aromatic heterocycles. The van der Waals surface area contributed by atoms with E-state index in [0.29, 0.717) is 6.42 Å². The highest BCUT2D eigenvalue weighted by Gasteiger charge is 1.96. The highest BCUT2D eigenvalue weighted by atomic mass is 16.2. The molecule has 3 heteroatoms. The Labute approximate surface area is 103 Å². The molecule has 1 N–H and O–H groups in total. The van der Waals surface area contributed by atoms with Gasteiger partial charge in [-0.05, 0) is 24.8 Å². The molecule has 17 heavy (non-hydrogen) atoms. The normalized spacial score (nSPS) is 10.6. The maximum atomic E-state index is 11.2. The highest BCUT2D eigenvalue weighted by Crippen LogP contribution is 2.00. The van der Waals surface area contributed by atoms with E-state index < -0.39 is 0 Å². The second-order valence-electron chi connectivity index (χ2n) is 3.97. The number of aryl methyl sites for hydroxylation is 1. The maximum Gasteiger partial charge on any atom is 0.240 e. The van der Waals surface area contributed by atoms with Crippen LogP contribution in [-0.2, 0) is 11.2 Å². The number of benzene rings is 1. The largest absolute Gasteiger partial charge is 0.273 e. The van der Waals surface area contributed by atoms with Gasteiger partial charge < -0.3 is 0 Å². The third-order valence-corrected chi connectivity index (χ3v) is 2.44. The molecule has 0 radical (unpaired) electrons. The van der Waals surface area contributed by atoms with E-state index >= 15 is 0 Å². The summed E-state index contributed by atoms with van der Waals surface area (Å²) in [5.41, 5.74) is 3.82. The van der Waals surface area contributed by atoms with Gasteiger partial charge in [-0.1, -0.05) is 43.7 Å². The van der Waals surface area contributed by atoms with E-state index in [-0.39, 0.29) is 5.91 Å². The van der Waals surface area contributed by atoms with Crippen molar-refractivity contribution in [1.29, 1.82) is 0 Å². The first-order valence-corrected chi connectivity index (χ1v) is 6.17. The Hall–Kier alpha value is -1.64. The number of hydrogen-bond acceptors (Lipinski definition) is 2. The average Bonchev–Trinajstić information content (AvgIpc) is 2.37. The Balaban J connectivity index is 2.12. The number of carbonyl (C=O) groups excluding carboxylic acids is 1. The lowest BCUT2D eigenvalue weighted by atomic mass is 10.1. The van der Waals surface area contributed by atoms with E-state index in [2.05, 4.69) is 29.6 Å². The van der Waals surface area contributed by atoms with Crippen molar-refractivity contribution < 1.29 is 4.79 Å². The van der Waals surface area contributed by atoms with Gasteiger partial charge in [-0.2, -0.15) is 5.10 Å². The molecule has 0 saturated heterocycles. The highest BCUT2D eigenvalue weighted by molar-refractivity contribution is 5.76. The Kier molecular flexibility index (Phi) is 6.72. The molecule has 1 amide bonds. The molecule has 0 spiro atoms. The molecule has 92 valence electrons. The first-order chi connectivity index (χ1) is 8.33. The first-order valence-electron chi connectivity index (χ1n) is 6.17. The number of rotatable bonds is 7. The molecule has 0 heterocycles. The quantitative estimate of drug-likeness (QED) is 0.570. The molecule has 1 aromatic carbocycles. The van der Waals surface area contributed by atoms with Crippen molar-refractivity contribution in [1.82, 2.24) is 5.43 Å². The molecule has 0 aliphatic heterocycles. The number of unbranched alkanes of at least 4 members (excludes halogenated alkanes) is 1. The van der Waals surface area contributed by atoms with Gasteiger partial charge in [0.15, 0.2) is 0 Å². The fourth-order valence-electron chi connectivity index (χ4n) is 1.45. The van der Waals surface area contributed by atoms with Gasteiger partial charge in [0.25, 0.3) is 0 Å². The molecule has 0 aliphatic rings. The second-order valence-corrected chi connectivity index (χ2v) is 3.97. The van der Waals surface area contributed by atoms with Gasteiger partial charge >= 0.3 is 0 Å². The molecule has 0 atom stereocenters. The predicted molar refractivity (Wildman–Crippen MR) is 70.9 cm³/mol. The van der Waals surface area contributed by atoms with E-state index in [1.165, 1.54) is 5.56 Å². The number of amides is 1. The summed E-state index contributed by atoms with van der Waals surface area (Å²) >= 11 is 0. The molecular weight excluding hydrogens is 212 g/mol. The fraction of sp³-hybridized carbons (Fsp3) is 0.429. The van der Waals surface area contributed by atoms with Crippen LogP contribution in [0.25, 0.3) is 0 Å². The minimum Gasteiger partial charge on any atom is -0.273 e. The molecule has 3 nitrogen and oxygen atoms in total. The van der Waals surface area contributed by atoms with Crippen molar-refractivity contribution in [2.45, 2.75) is 39.0 Å². The third kappa shape index (κ3) is 6.51. The van der Waals surface area contributed by atoms with Crippen LogP contribution in [0.4, 0.5) is 0 Å². The first kappa shape index (κ1) is 13.4. The Morgan fingerprint density at radius 2 is 2.12 bits per heavy atom. The SMILES string of the molecule is CCCCC(=O)NN=CCCc1ccccc1. The molecule has 0 fully saturated rings. The van der Waals surface area contributed by atoms with Crippen LogP contribution in [0.2, 0.25) is 0 Å². The van der Waals surface area contributed by atoms with Gasteiger partial charge in [0.2, 0.25) is 5.91 Å². The Bertz CT molecular complexity index is 346. The molecule has 1 rings (SSSR count). The van der Waals surface area contributed by atoms with E-state index in [4.69, 9.17) is 0 Å². The number of carbonyl (C=O) groups is 1. The van der Waals surface area contributed by atoms with Crippen molar-refractivity contribution in [3.05, 3.63) is 35.9 Å². The number of nitrogens with zero attached hydrogens (tertiary/aromatic N) is 1. The van der Waals surface area contributed by atoms with Crippen LogP contribution in [-0.4, -0.2) is 12.1 Å². The van der Waals surface area contributed by atoms with Crippen molar-refractivity contribution >= 4 is 12.1 Å². The van der Waals surface area contributed by atoms with Gasteiger partial charge in [-0.3, -0.25) is 4.79 Å². The topological polar surface area (TPSA) is 41.5 Å². The zero-order valence-corrected chi connectivity index (χ0v) is 10.4. The second kappa shape index (κ2) is 8.50. The summed E-state index contributed by atoms with van der Waals surface area (Å²) in [5, 5.41) is 3.91. The van der Waals surface area contributed by atoms with Gasteiger partial charge in [-0.25, -0.2) is 5.43 Å². The molecule has 1 aromatic rings. The van der Waals surface area contributed by atoms with Crippen molar-refractivity contribution in [2.75, 3.05) is 0 Å². The van der Waals surface area contributed by atoms with Crippen LogP contribution in [0.1, 0.15) is 38.2 Å². The fourth-order valence-corrected chi connectivity index (χ4v) is 1.45. The van der Waals surface area contributed by atoms with Crippen LogP contribution in [0.15, 0.2) is 35.4 Å². The zero-order valence-electron chi connectivity index (χ0n) is 10.4. The smallest absolute Gasteiger partial charge is 0.240 e. The number of hydrazone groups is 1. The Morgan fingerprint density at radius 3 is 2.82 bits per heavy atom. The van der Waals surface area contributed by atoms with E-state index in [0.717, 1.165) is 25.7 Å². The lowest BCUT2D eigenvalue weighted by molar-refractivity contribution is -0.121. The summed E-state index contributed by atoms with van der Waals surface area (Å²) in [7, 11) is 0. The summed E-state index contributed by atoms with van der Waals surface area (Å²) in [6.07, 6.45) is 6.08. The average molecular weight is 232 g/mol. The van der Waals surface area contributed by atoms with E-state index in [9.17, 15) is 4.79 Å². The minimum atomic E-state index is 0.00260. The molecule has 0 aliphatic carbocycles. The third-order valence-electron chi connectivity index (χ3n) is 2.44. The summed E-state index contributed by atoms with van der Waals surface area (Å²) in [6.45, 7) is 2.07. The van der Waals surface area contributed by atoms with E-state index in [1.54, 1.807) is 6.21 Å². The van der Waals surface area contributed by atoms with E-state index in [1.807, 2.05) is 18.2 Å². The predicted octanol–water partition coefficient (Wildman–Crippen LogP) is 2.91. The van der Waals surface area contributed by atoms with Crippen LogP contribution in [0, 0.1) is 0 Å². The van der Waals surface area contributed by atoms with Crippen molar-refractivity contribution in [3.8, 4) is 0 Å². The lowest BCUT2D eigenvalue weighted by Gasteiger charge is -1.98. The monoisotopic (exact) mass is 232 g/mol. The van der Waals surface area contributed by atoms with Crippen molar-refractivity contribution in [2.24, 2.45) is 5.10 Å². The number of nitrogens with one attached hydrogen (secondary N) is 1. The van der Waals surface area contributed by atoms with Crippen molar-refractivity contribution in [3.63, 3.8) is 0 Å². The van der Waals surface area contributed by atoms with Crippen LogP contribution < -0.4 is 5.43 Å². The zero-order chi connectivity index (χ0) is 12.3. The van der Waals surface area contributed by atoms with Crippen LogP contribution in [0.3, 0.4) is 0 Å². The van der Waals surface area contributed by atoms with Gasteiger partial charge in [0, 0.05) is 12.6 Å². The molecule has 0 saturated carbocycles. The van der Waals surface area contributed by atoms with Gasteiger partial charge in [0.05, 0.1) is 0 Å². The molecule has 0 bridgehead atoms. The van der Waals surface area contributed by atoms with Gasteiger partial charge in [0.1, 0.15) is 0 Å². The lowest BCUT2D eigenvalue weighted by Crippen LogP contribution is -2.16. The summed E-state index contributed by atoms with van der Waals surface area (Å²) in [6, 6.07) is 10.2. The summed E-state index contributed by atoms with van der Waals surface area (Å²) in [5.74, 6) is 0.00260. The maximum absolute atomic E-state index is 11.2. The van der Waals surface area contributed by atoms with Crippen LogP contribution >= 0.6 is 0 Å². The molecule has 0 unspecified atom stereocenters. The van der Waals surface area contributed by atoms with Gasteiger partial charge in [-0.15, -0.1) is 0 Å². The number of hydrogen-bond donors (Lipinski definition) is 1. The molecular formula is C14H20N2O. The van der Waals surface area contributed by atoms with Crippen LogP contribution in [0.5, 0.6) is 0 Å². The standard InChI is InChI=1S/C14H20N2O/c1-2-3-11-14(17)16-15-12-7-10-13-8-5-4-6-9-13/h4-6,8-9,12H,2-3,7,10-11H2,1H3,(H,16,17). The Morgan fingerprint density at radius 1 is 1.35 bits per heavy atom.